The van der Waals surface area contributed by atoms with Gasteiger partial charge in [-0.3, -0.25) is 14.4 Å². The molecular weight excluding hydrogens is 396 g/mol. The summed E-state index contributed by atoms with van der Waals surface area (Å²) in [5, 5.41) is 23.2. The maximum absolute atomic E-state index is 9.37. The summed E-state index contributed by atoms with van der Waals surface area (Å²) in [5.74, 6) is -1.50. The van der Waals surface area contributed by atoms with Crippen LogP contribution in [0.2, 0.25) is 0 Å². The van der Waals surface area contributed by atoms with Gasteiger partial charge < -0.3 is 15.3 Å². The van der Waals surface area contributed by atoms with Gasteiger partial charge in [-0.15, -0.1) is 5.57 Å². The number of aliphatic carboxylic acids is 3. The molecule has 0 heterocycles. The first kappa shape index (κ1) is 31.2. The number of hydrogen-bond acceptors (Lipinski definition) is 3. The van der Waals surface area contributed by atoms with Gasteiger partial charge in [-0.05, 0) is 0 Å². The van der Waals surface area contributed by atoms with Crippen LogP contribution in [0.1, 0.15) is 80.1 Å². The third-order valence-electron chi connectivity index (χ3n) is 4.42. The van der Waals surface area contributed by atoms with E-state index in [2.05, 4.69) is 27.2 Å². The largest absolute Gasteiger partial charge is 0.481 e. The number of carboxylic acids is 3. The fraction of sp³-hybridized carbons (Fsp3) is 0.619. The Morgan fingerprint density at radius 3 is 1.57 bits per heavy atom. The molecule has 2 aliphatic rings. The van der Waals surface area contributed by atoms with Crippen molar-refractivity contribution in [3.05, 3.63) is 28.7 Å². The van der Waals surface area contributed by atoms with Crippen LogP contribution in [-0.4, -0.2) is 33.2 Å². The fourth-order valence-electron chi connectivity index (χ4n) is 2.45. The molecule has 28 heavy (non-hydrogen) atoms. The van der Waals surface area contributed by atoms with E-state index in [4.69, 9.17) is 15.3 Å². The van der Waals surface area contributed by atoms with Crippen molar-refractivity contribution < 1.29 is 51.4 Å². The number of carbonyl (C=O) groups is 3. The normalized spacial score (nSPS) is 16.4. The molecule has 0 saturated carbocycles. The molecule has 0 saturated heterocycles. The first-order valence-electron chi connectivity index (χ1n) is 9.42. The smallest absolute Gasteiger partial charge is 0.303 e. The van der Waals surface area contributed by atoms with Crippen molar-refractivity contribution in [3.8, 4) is 0 Å². The average Bonchev–Trinajstić information content (AvgIpc) is 2.87. The van der Waals surface area contributed by atoms with Gasteiger partial charge in [-0.2, -0.15) is 23.1 Å². The zero-order valence-electron chi connectivity index (χ0n) is 18.0. The van der Waals surface area contributed by atoms with Crippen LogP contribution in [0.25, 0.3) is 0 Å². The molecule has 0 bridgehead atoms. The summed E-state index contributed by atoms with van der Waals surface area (Å²) in [7, 11) is 0. The fourth-order valence-corrected chi connectivity index (χ4v) is 2.45. The number of carboxylic acid groups (broad SMARTS) is 3. The second-order valence-electron chi connectivity index (χ2n) is 6.31. The van der Waals surface area contributed by atoms with Crippen molar-refractivity contribution in [1.82, 2.24) is 0 Å². The molecule has 1 atom stereocenters. The maximum Gasteiger partial charge on any atom is 0.303 e. The van der Waals surface area contributed by atoms with Crippen molar-refractivity contribution in [2.45, 2.75) is 80.1 Å². The first-order valence-corrected chi connectivity index (χ1v) is 9.42. The predicted octanol–water partition coefficient (Wildman–Crippen LogP) is 5.10. The quantitative estimate of drug-likeness (QED) is 0.424. The standard InChI is InChI=1S/C12H17.3C3H6O2.Ti/c1-8-9(2)11-6-4-5-7-12(11)10(8)3;3*1-2-3(4)5;/h6,10H,4-5,7H2,1-3H3;3*2H2,1H3,(H,4,5);/q-1;;;;. The van der Waals surface area contributed by atoms with Crippen molar-refractivity contribution in [1.29, 1.82) is 0 Å². The molecule has 0 amide bonds. The van der Waals surface area contributed by atoms with E-state index in [-0.39, 0.29) is 41.0 Å². The summed E-state index contributed by atoms with van der Waals surface area (Å²) in [5.41, 5.74) is 6.44. The third-order valence-corrected chi connectivity index (χ3v) is 4.42. The first-order chi connectivity index (χ1) is 12.5. The molecule has 2 rings (SSSR count). The minimum atomic E-state index is -0.745. The molecule has 0 spiro atoms. The Balaban J connectivity index is -0.000000334. The maximum atomic E-state index is 9.37. The molecule has 7 heteroatoms. The SMILES string of the molecule is CC1=C(C)C(C)C2=C1[CH-]CCC2.CCC(=O)O.CCC(=O)O.CCC(=O)O.[Ti]. The second kappa shape index (κ2) is 17.6. The molecule has 0 fully saturated rings. The average molecular weight is 431 g/mol. The molecule has 1 unspecified atom stereocenters. The van der Waals surface area contributed by atoms with E-state index in [0.717, 1.165) is 5.92 Å². The van der Waals surface area contributed by atoms with Crippen LogP contribution in [0.5, 0.6) is 0 Å². The van der Waals surface area contributed by atoms with Gasteiger partial charge in [0.1, 0.15) is 0 Å². The summed E-state index contributed by atoms with van der Waals surface area (Å²) in [6.45, 7) is 11.7. The van der Waals surface area contributed by atoms with E-state index in [0.29, 0.717) is 0 Å². The van der Waals surface area contributed by atoms with Gasteiger partial charge in [0.05, 0.1) is 0 Å². The van der Waals surface area contributed by atoms with Crippen molar-refractivity contribution >= 4 is 17.9 Å². The molecule has 0 radical (unpaired) electrons. The van der Waals surface area contributed by atoms with Crippen LogP contribution in [-0.2, 0) is 36.1 Å². The van der Waals surface area contributed by atoms with E-state index in [1.54, 1.807) is 43.1 Å². The molecule has 2 aliphatic carbocycles. The van der Waals surface area contributed by atoms with Gasteiger partial charge in [0.15, 0.2) is 0 Å². The molecular formula is C21H35O6Ti-. The van der Waals surface area contributed by atoms with Crippen LogP contribution < -0.4 is 0 Å². The summed E-state index contributed by atoms with van der Waals surface area (Å²) in [4.78, 5) is 28.1. The summed E-state index contributed by atoms with van der Waals surface area (Å²) >= 11 is 0. The van der Waals surface area contributed by atoms with E-state index in [1.807, 2.05) is 0 Å². The molecule has 3 N–H and O–H groups in total. The van der Waals surface area contributed by atoms with Gasteiger partial charge in [0, 0.05) is 41.0 Å². The van der Waals surface area contributed by atoms with Gasteiger partial charge in [0.25, 0.3) is 0 Å². The Morgan fingerprint density at radius 1 is 0.929 bits per heavy atom. The monoisotopic (exact) mass is 431 g/mol. The molecule has 6 nitrogen and oxygen atoms in total. The minimum absolute atomic E-state index is 0. The van der Waals surface area contributed by atoms with E-state index in [1.165, 1.54) is 19.3 Å². The van der Waals surface area contributed by atoms with E-state index in [9.17, 15) is 14.4 Å². The molecule has 0 aromatic carbocycles. The van der Waals surface area contributed by atoms with Gasteiger partial charge in [0.2, 0.25) is 0 Å². The van der Waals surface area contributed by atoms with Crippen LogP contribution in [0.4, 0.5) is 0 Å². The Hall–Kier alpha value is -1.53. The molecule has 0 aliphatic heterocycles. The molecule has 0 aromatic rings. The zero-order chi connectivity index (χ0) is 21.6. The van der Waals surface area contributed by atoms with Gasteiger partial charge >= 0.3 is 17.9 Å². The van der Waals surface area contributed by atoms with Crippen LogP contribution >= 0.6 is 0 Å². The summed E-state index contributed by atoms with van der Waals surface area (Å²) in [6, 6.07) is 0. The summed E-state index contributed by atoms with van der Waals surface area (Å²) in [6.07, 6.45) is 7.09. The predicted molar refractivity (Wildman–Crippen MR) is 106 cm³/mol. The van der Waals surface area contributed by atoms with Crippen molar-refractivity contribution in [3.63, 3.8) is 0 Å². The molecule has 160 valence electrons. The zero-order valence-corrected chi connectivity index (χ0v) is 19.5. The second-order valence-corrected chi connectivity index (χ2v) is 6.31. The van der Waals surface area contributed by atoms with Crippen LogP contribution in [0.3, 0.4) is 0 Å². The topological polar surface area (TPSA) is 112 Å². The van der Waals surface area contributed by atoms with Crippen molar-refractivity contribution in [2.75, 3.05) is 0 Å². The number of allylic oxidation sites excluding steroid dienone is 4. The Morgan fingerprint density at radius 2 is 1.29 bits per heavy atom. The number of hydrogen-bond donors (Lipinski definition) is 3. The van der Waals surface area contributed by atoms with Crippen LogP contribution in [0.15, 0.2) is 22.3 Å². The Bertz CT molecular complexity index is 530. The number of rotatable bonds is 3. The van der Waals surface area contributed by atoms with Gasteiger partial charge in [-0.25, -0.2) is 0 Å². The summed E-state index contributed by atoms with van der Waals surface area (Å²) < 4.78 is 0. The van der Waals surface area contributed by atoms with E-state index >= 15 is 0 Å². The molecule has 0 aromatic heterocycles. The Kier molecular flexibility index (Phi) is 19.6. The minimum Gasteiger partial charge on any atom is -0.481 e. The van der Waals surface area contributed by atoms with E-state index < -0.39 is 17.9 Å². The third kappa shape index (κ3) is 13.6. The van der Waals surface area contributed by atoms with Crippen molar-refractivity contribution in [2.24, 2.45) is 5.92 Å². The van der Waals surface area contributed by atoms with Gasteiger partial charge in [-0.1, -0.05) is 66.7 Å². The Labute approximate surface area is 184 Å². The van der Waals surface area contributed by atoms with Crippen LogP contribution in [0, 0.1) is 12.3 Å².